The third kappa shape index (κ3) is 6.43. The van der Waals surface area contributed by atoms with E-state index in [4.69, 9.17) is 29.1 Å². The summed E-state index contributed by atoms with van der Waals surface area (Å²) in [7, 11) is -4.64. The van der Waals surface area contributed by atoms with E-state index in [1.165, 1.54) is 17.2 Å². The summed E-state index contributed by atoms with van der Waals surface area (Å²) < 4.78 is 15.6. The summed E-state index contributed by atoms with van der Waals surface area (Å²) in [5.41, 5.74) is -0.0608. The molecule has 0 radical (unpaired) electrons. The first-order valence-corrected chi connectivity index (χ1v) is 8.01. The fraction of sp³-hybridized carbons (Fsp3) is 0.500. The summed E-state index contributed by atoms with van der Waals surface area (Å²) in [6.45, 7) is -0.421. The number of hydrogen-bond donors (Lipinski definition) is 7. The molecule has 0 spiro atoms. The van der Waals surface area contributed by atoms with Gasteiger partial charge in [0, 0.05) is 0 Å². The molecule has 0 aliphatic carbocycles. The van der Waals surface area contributed by atoms with E-state index >= 15 is 0 Å². The van der Waals surface area contributed by atoms with Crippen molar-refractivity contribution in [1.29, 1.82) is 0 Å². The zero-order chi connectivity index (χ0) is 18.1. The van der Waals surface area contributed by atoms with Crippen molar-refractivity contribution in [1.82, 2.24) is 19.5 Å². The number of aromatic nitrogens is 4. The molecule has 0 saturated carbocycles. The third-order valence-electron chi connectivity index (χ3n) is 3.16. The molecule has 3 rings (SSSR count). The summed E-state index contributed by atoms with van der Waals surface area (Å²) >= 11 is 0. The number of H-pyrrole nitrogens is 1. The molecule has 138 valence electrons. The number of imidazole rings is 1. The molecular weight excluding hydrogens is 397 g/mol. The first-order valence-electron chi connectivity index (χ1n) is 6.44. The molecule has 3 heterocycles. The van der Waals surface area contributed by atoms with Crippen LogP contribution in [0.5, 0.6) is 0 Å². The molecule has 4 atom stereocenters. The standard InChI is InChI=1S/C10H12N4O5.2Na.H3O4P.2H/c15-1-4-6(16)7(17)10(19-4)14-3-13-5-8(14)11-2-12-9(5)18;;;1-5(2,3)4;;/h2-4,6-7,10,15-17H,1H2,(H,11,12,18);;;(H3,1,2,3,4);;/q;2*+1;;2*-1/t4-,6-,7-,10-;;;;;/m1...../s1. The predicted molar refractivity (Wildman–Crippen MR) is 77.6 cm³/mol. The van der Waals surface area contributed by atoms with Gasteiger partial charge in [-0.2, -0.15) is 0 Å². The molecule has 0 unspecified atom stereocenters. The second kappa shape index (κ2) is 10.7. The Morgan fingerprint density at radius 3 is 2.31 bits per heavy atom. The van der Waals surface area contributed by atoms with Gasteiger partial charge >= 0.3 is 66.9 Å². The average Bonchev–Trinajstić information content (AvgIpc) is 3.01. The van der Waals surface area contributed by atoms with Gasteiger partial charge in [0.2, 0.25) is 0 Å². The van der Waals surface area contributed by atoms with Crippen molar-refractivity contribution in [2.75, 3.05) is 6.61 Å². The fourth-order valence-corrected chi connectivity index (χ4v) is 2.16. The van der Waals surface area contributed by atoms with Crippen LogP contribution in [-0.2, 0) is 9.30 Å². The van der Waals surface area contributed by atoms with Crippen molar-refractivity contribution in [3.05, 3.63) is 23.0 Å². The number of aliphatic hydroxyl groups excluding tert-OH is 3. The Balaban J connectivity index is -0.000000627. The Morgan fingerprint density at radius 2 is 1.81 bits per heavy atom. The summed E-state index contributed by atoms with van der Waals surface area (Å²) in [6, 6.07) is 0. The largest absolute Gasteiger partial charge is 1.00 e. The van der Waals surface area contributed by atoms with Gasteiger partial charge in [-0.1, -0.05) is 0 Å². The summed E-state index contributed by atoms with van der Waals surface area (Å²) in [5.74, 6) is 0. The predicted octanol–water partition coefficient (Wildman–Crippen LogP) is -8.96. The number of aliphatic hydroxyl groups is 3. The number of nitrogens with zero attached hydrogens (tertiary/aromatic N) is 3. The fourth-order valence-electron chi connectivity index (χ4n) is 2.16. The summed E-state index contributed by atoms with van der Waals surface area (Å²) in [6.07, 6.45) is -1.78. The van der Waals surface area contributed by atoms with Gasteiger partial charge in [-0.05, 0) is 0 Å². The molecule has 1 aliphatic heterocycles. The van der Waals surface area contributed by atoms with Crippen LogP contribution in [0.3, 0.4) is 0 Å². The van der Waals surface area contributed by atoms with Crippen LogP contribution >= 0.6 is 7.82 Å². The van der Waals surface area contributed by atoms with Gasteiger partial charge in [-0.15, -0.1) is 0 Å². The van der Waals surface area contributed by atoms with Crippen LogP contribution in [0.15, 0.2) is 17.4 Å². The molecule has 1 saturated heterocycles. The Labute approximate surface area is 192 Å². The van der Waals surface area contributed by atoms with Crippen LogP contribution in [0.1, 0.15) is 9.08 Å². The van der Waals surface area contributed by atoms with Gasteiger partial charge in [0.1, 0.15) is 18.3 Å². The Morgan fingerprint density at radius 1 is 1.23 bits per heavy atom. The molecule has 1 aliphatic rings. The molecule has 2 aromatic rings. The number of aromatic amines is 1. The molecule has 0 amide bonds. The minimum Gasteiger partial charge on any atom is -1.00 e. The normalized spacial score (nSPS) is 25.0. The maximum absolute atomic E-state index is 11.5. The number of hydrogen-bond acceptors (Lipinski definition) is 8. The van der Waals surface area contributed by atoms with Gasteiger partial charge in [-0.25, -0.2) is 14.5 Å². The van der Waals surface area contributed by atoms with Crippen LogP contribution in [0, 0.1) is 0 Å². The Hall–Kier alpha value is 0.300. The van der Waals surface area contributed by atoms with Crippen LogP contribution in [0.25, 0.3) is 11.2 Å². The van der Waals surface area contributed by atoms with Crippen LogP contribution in [0.2, 0.25) is 0 Å². The molecule has 13 nitrogen and oxygen atoms in total. The average molecular weight is 414 g/mol. The van der Waals surface area contributed by atoms with Gasteiger partial charge in [-0.3, -0.25) is 9.36 Å². The summed E-state index contributed by atoms with van der Waals surface area (Å²) in [5, 5.41) is 28.6. The second-order valence-electron chi connectivity index (χ2n) is 4.80. The van der Waals surface area contributed by atoms with E-state index < -0.39 is 44.5 Å². The van der Waals surface area contributed by atoms with E-state index in [-0.39, 0.29) is 73.1 Å². The van der Waals surface area contributed by atoms with Crippen LogP contribution in [0.4, 0.5) is 0 Å². The van der Waals surface area contributed by atoms with Crippen molar-refractivity contribution in [3.63, 3.8) is 0 Å². The third-order valence-corrected chi connectivity index (χ3v) is 3.16. The molecular formula is C10H17N4Na2O9P. The van der Waals surface area contributed by atoms with Crippen molar-refractivity contribution in [2.45, 2.75) is 24.5 Å². The van der Waals surface area contributed by atoms with Gasteiger partial charge in [0.15, 0.2) is 17.4 Å². The van der Waals surface area contributed by atoms with Crippen molar-refractivity contribution < 1.29 is 101 Å². The van der Waals surface area contributed by atoms with E-state index in [0.29, 0.717) is 0 Å². The van der Waals surface area contributed by atoms with Gasteiger partial charge in [0.25, 0.3) is 5.56 Å². The quantitative estimate of drug-likeness (QED) is 0.181. The summed E-state index contributed by atoms with van der Waals surface area (Å²) in [4.78, 5) is 43.3. The monoisotopic (exact) mass is 414 g/mol. The van der Waals surface area contributed by atoms with E-state index in [1.807, 2.05) is 0 Å². The molecule has 2 aromatic heterocycles. The molecule has 7 N–H and O–H groups in total. The molecule has 16 heteroatoms. The first-order chi connectivity index (χ1) is 11.1. The topological polar surface area (TPSA) is 211 Å². The smallest absolute Gasteiger partial charge is 1.00 e. The minimum atomic E-state index is -4.64. The Bertz CT molecular complexity index is 813. The van der Waals surface area contributed by atoms with E-state index in [2.05, 4.69) is 15.0 Å². The van der Waals surface area contributed by atoms with E-state index in [1.54, 1.807) is 0 Å². The maximum Gasteiger partial charge on any atom is 1.00 e. The van der Waals surface area contributed by atoms with Gasteiger partial charge in [0.05, 0.1) is 19.3 Å². The second-order valence-corrected chi connectivity index (χ2v) is 5.82. The van der Waals surface area contributed by atoms with Crippen LogP contribution < -0.4 is 64.7 Å². The number of fused-ring (bicyclic) bond motifs is 1. The van der Waals surface area contributed by atoms with Gasteiger partial charge < -0.3 is 42.6 Å². The molecule has 26 heavy (non-hydrogen) atoms. The van der Waals surface area contributed by atoms with Crippen molar-refractivity contribution >= 4 is 19.0 Å². The van der Waals surface area contributed by atoms with Crippen molar-refractivity contribution in [3.8, 4) is 0 Å². The number of nitrogens with one attached hydrogen (secondary N) is 1. The minimum absolute atomic E-state index is 0. The number of ether oxygens (including phenoxy) is 1. The molecule has 0 aromatic carbocycles. The zero-order valence-electron chi connectivity index (χ0n) is 15.9. The first kappa shape index (κ1) is 26.3. The molecule has 0 bridgehead atoms. The maximum atomic E-state index is 11.5. The van der Waals surface area contributed by atoms with E-state index in [9.17, 15) is 15.0 Å². The zero-order valence-corrected chi connectivity index (χ0v) is 18.8. The number of rotatable bonds is 2. The van der Waals surface area contributed by atoms with Crippen molar-refractivity contribution in [2.24, 2.45) is 0 Å². The Kier molecular flexibility index (Phi) is 10.9. The SMILES string of the molecule is O=P(O)(O)O.O=c1[nH]cnc2c1ncn2[C@@H]1O[C@H](CO)[C@@H](O)[C@H]1O.[H-].[H-].[Na+].[Na+]. The molecule has 1 fully saturated rings. The van der Waals surface area contributed by atoms with E-state index in [0.717, 1.165) is 0 Å². The number of phosphoric acid groups is 1. The van der Waals surface area contributed by atoms with Crippen LogP contribution in [-0.4, -0.2) is 74.4 Å².